The van der Waals surface area contributed by atoms with Crippen LogP contribution in [0.15, 0.2) is 30.3 Å². The number of thiocarbonyl (C=S) groups is 1. The fourth-order valence-corrected chi connectivity index (χ4v) is 1.89. The Hall–Kier alpha value is -0.890. The van der Waals surface area contributed by atoms with E-state index in [1.165, 1.54) is 31.2 Å². The highest BCUT2D eigenvalue weighted by molar-refractivity contribution is 7.80. The van der Waals surface area contributed by atoms with Crippen LogP contribution in [0, 0.1) is 0 Å². The van der Waals surface area contributed by atoms with Gasteiger partial charge >= 0.3 is 0 Å². The van der Waals surface area contributed by atoms with Crippen molar-refractivity contribution in [3.63, 3.8) is 0 Å². The highest BCUT2D eigenvalue weighted by Gasteiger charge is 1.97. The molecule has 16 heavy (non-hydrogen) atoms. The van der Waals surface area contributed by atoms with E-state index >= 15 is 0 Å². The second-order valence-electron chi connectivity index (χ2n) is 4.07. The fraction of sp³-hybridized carbons (Fsp3) is 0.500. The Kier molecular flexibility index (Phi) is 6.82. The molecule has 0 aliphatic carbocycles. The molecule has 0 aromatic heterocycles. The molecule has 1 aromatic carbocycles. The largest absolute Gasteiger partial charge is 0.379 e. The van der Waals surface area contributed by atoms with Crippen molar-refractivity contribution in [2.24, 2.45) is 0 Å². The Balaban J connectivity index is 2.12. The second kappa shape index (κ2) is 8.28. The van der Waals surface area contributed by atoms with Crippen LogP contribution in [0.3, 0.4) is 0 Å². The standard InChI is InChI=1S/C14H21NS/c1-2-3-4-8-11-15-14(16)12-13-9-6-5-7-10-13/h5-7,9-10H,2-4,8,11-12H2,1H3,(H,15,16). The lowest BCUT2D eigenvalue weighted by Gasteiger charge is -2.07. The normalized spacial score (nSPS) is 10.1. The van der Waals surface area contributed by atoms with Gasteiger partial charge < -0.3 is 5.32 Å². The van der Waals surface area contributed by atoms with Crippen molar-refractivity contribution in [1.82, 2.24) is 5.32 Å². The molecule has 0 fully saturated rings. The molecule has 1 rings (SSSR count). The molecule has 1 N–H and O–H groups in total. The van der Waals surface area contributed by atoms with Gasteiger partial charge in [-0.1, -0.05) is 68.7 Å². The maximum atomic E-state index is 5.30. The Labute approximate surface area is 104 Å². The van der Waals surface area contributed by atoms with Gasteiger partial charge in [0, 0.05) is 13.0 Å². The van der Waals surface area contributed by atoms with Crippen molar-refractivity contribution in [3.8, 4) is 0 Å². The maximum Gasteiger partial charge on any atom is 0.0797 e. The summed E-state index contributed by atoms with van der Waals surface area (Å²) in [6, 6.07) is 10.4. The number of hydrogen-bond donors (Lipinski definition) is 1. The van der Waals surface area contributed by atoms with Crippen LogP contribution in [-0.4, -0.2) is 11.5 Å². The smallest absolute Gasteiger partial charge is 0.0797 e. The molecule has 0 amide bonds. The summed E-state index contributed by atoms with van der Waals surface area (Å²) in [4.78, 5) is 0.961. The summed E-state index contributed by atoms with van der Waals surface area (Å²) in [6.45, 7) is 3.25. The zero-order chi connectivity index (χ0) is 11.6. The van der Waals surface area contributed by atoms with Crippen LogP contribution < -0.4 is 5.32 Å². The third kappa shape index (κ3) is 5.86. The summed E-state index contributed by atoms with van der Waals surface area (Å²) >= 11 is 5.30. The lowest BCUT2D eigenvalue weighted by Crippen LogP contribution is -2.24. The number of unbranched alkanes of at least 4 members (excludes halogenated alkanes) is 3. The molecule has 1 aromatic rings. The highest BCUT2D eigenvalue weighted by Crippen LogP contribution is 2.01. The van der Waals surface area contributed by atoms with E-state index in [1.807, 2.05) is 6.07 Å². The van der Waals surface area contributed by atoms with Crippen molar-refractivity contribution in [1.29, 1.82) is 0 Å². The van der Waals surface area contributed by atoms with Crippen LogP contribution in [0.2, 0.25) is 0 Å². The van der Waals surface area contributed by atoms with Crippen LogP contribution >= 0.6 is 12.2 Å². The third-order valence-electron chi connectivity index (χ3n) is 2.56. The monoisotopic (exact) mass is 235 g/mol. The summed E-state index contributed by atoms with van der Waals surface area (Å²) in [6.07, 6.45) is 6.01. The van der Waals surface area contributed by atoms with E-state index in [0.29, 0.717) is 0 Å². The van der Waals surface area contributed by atoms with Crippen LogP contribution in [0.25, 0.3) is 0 Å². The molecule has 1 nitrogen and oxygen atoms in total. The van der Waals surface area contributed by atoms with Crippen molar-refractivity contribution >= 4 is 17.2 Å². The molecule has 0 radical (unpaired) electrons. The van der Waals surface area contributed by atoms with Crippen LogP contribution in [0.5, 0.6) is 0 Å². The Morgan fingerprint density at radius 3 is 2.56 bits per heavy atom. The third-order valence-corrected chi connectivity index (χ3v) is 2.85. The van der Waals surface area contributed by atoms with Gasteiger partial charge in [0.1, 0.15) is 0 Å². The van der Waals surface area contributed by atoms with Crippen molar-refractivity contribution in [2.75, 3.05) is 6.54 Å². The van der Waals surface area contributed by atoms with Gasteiger partial charge in [0.2, 0.25) is 0 Å². The molecular weight excluding hydrogens is 214 g/mol. The van der Waals surface area contributed by atoms with Gasteiger partial charge in [-0.15, -0.1) is 0 Å². The molecule has 88 valence electrons. The van der Waals surface area contributed by atoms with Gasteiger partial charge in [0.15, 0.2) is 0 Å². The minimum absolute atomic E-state index is 0.865. The predicted octanol–water partition coefficient (Wildman–Crippen LogP) is 3.73. The summed E-state index contributed by atoms with van der Waals surface area (Å²) in [5.74, 6) is 0. The average Bonchev–Trinajstić information content (AvgIpc) is 2.30. The van der Waals surface area contributed by atoms with Gasteiger partial charge in [-0.2, -0.15) is 0 Å². The summed E-state index contributed by atoms with van der Waals surface area (Å²) < 4.78 is 0. The molecule has 0 spiro atoms. The van der Waals surface area contributed by atoms with E-state index < -0.39 is 0 Å². The molecule has 0 heterocycles. The van der Waals surface area contributed by atoms with Crippen molar-refractivity contribution in [3.05, 3.63) is 35.9 Å². The van der Waals surface area contributed by atoms with Crippen molar-refractivity contribution < 1.29 is 0 Å². The Morgan fingerprint density at radius 1 is 1.12 bits per heavy atom. The van der Waals surface area contributed by atoms with E-state index in [4.69, 9.17) is 12.2 Å². The lowest BCUT2D eigenvalue weighted by molar-refractivity contribution is 0.654. The molecule has 0 unspecified atom stereocenters. The molecule has 0 bridgehead atoms. The fourth-order valence-electron chi connectivity index (χ4n) is 1.62. The highest BCUT2D eigenvalue weighted by atomic mass is 32.1. The van der Waals surface area contributed by atoms with Gasteiger partial charge in [-0.05, 0) is 12.0 Å². The molecular formula is C14H21NS. The zero-order valence-corrected chi connectivity index (χ0v) is 10.9. The summed E-state index contributed by atoms with van der Waals surface area (Å²) in [5, 5.41) is 3.32. The van der Waals surface area contributed by atoms with Crippen molar-refractivity contribution in [2.45, 2.75) is 39.0 Å². The number of benzene rings is 1. The van der Waals surface area contributed by atoms with Crippen LogP contribution in [-0.2, 0) is 6.42 Å². The SMILES string of the molecule is CCCCCCNC(=S)Cc1ccccc1. The summed E-state index contributed by atoms with van der Waals surface area (Å²) in [7, 11) is 0. The summed E-state index contributed by atoms with van der Waals surface area (Å²) in [5.41, 5.74) is 1.29. The van der Waals surface area contributed by atoms with Gasteiger partial charge in [-0.3, -0.25) is 0 Å². The van der Waals surface area contributed by atoms with E-state index in [2.05, 4.69) is 36.5 Å². The lowest BCUT2D eigenvalue weighted by atomic mass is 10.1. The Morgan fingerprint density at radius 2 is 1.88 bits per heavy atom. The van der Waals surface area contributed by atoms with Gasteiger partial charge in [-0.25, -0.2) is 0 Å². The average molecular weight is 235 g/mol. The van der Waals surface area contributed by atoms with E-state index in [1.54, 1.807) is 0 Å². The first-order valence-corrected chi connectivity index (χ1v) is 6.54. The first kappa shape index (κ1) is 13.2. The molecule has 0 saturated heterocycles. The topological polar surface area (TPSA) is 12.0 Å². The molecule has 0 atom stereocenters. The molecule has 2 heteroatoms. The molecule has 0 saturated carbocycles. The minimum atomic E-state index is 0.865. The van der Waals surface area contributed by atoms with Crippen LogP contribution in [0.1, 0.15) is 38.2 Å². The van der Waals surface area contributed by atoms with Gasteiger partial charge in [0.05, 0.1) is 4.99 Å². The maximum absolute atomic E-state index is 5.30. The molecule has 0 aliphatic rings. The first-order valence-electron chi connectivity index (χ1n) is 6.13. The second-order valence-corrected chi connectivity index (χ2v) is 4.57. The van der Waals surface area contributed by atoms with E-state index in [0.717, 1.165) is 18.0 Å². The predicted molar refractivity (Wildman–Crippen MR) is 74.9 cm³/mol. The number of rotatable bonds is 7. The number of nitrogens with one attached hydrogen (secondary N) is 1. The van der Waals surface area contributed by atoms with Crippen LogP contribution in [0.4, 0.5) is 0 Å². The first-order chi connectivity index (χ1) is 7.83. The minimum Gasteiger partial charge on any atom is -0.379 e. The van der Waals surface area contributed by atoms with Gasteiger partial charge in [0.25, 0.3) is 0 Å². The quantitative estimate of drug-likeness (QED) is 0.571. The molecule has 0 aliphatic heterocycles. The zero-order valence-electron chi connectivity index (χ0n) is 10.0. The number of hydrogen-bond acceptors (Lipinski definition) is 1. The van der Waals surface area contributed by atoms with E-state index in [9.17, 15) is 0 Å². The Bertz CT molecular complexity index is 295. The van der Waals surface area contributed by atoms with E-state index in [-0.39, 0.29) is 0 Å².